The molecule has 0 saturated carbocycles. The van der Waals surface area contributed by atoms with Gasteiger partial charge in [-0.2, -0.15) is 0 Å². The Hall–Kier alpha value is -1.87. The first kappa shape index (κ1) is 20.9. The summed E-state index contributed by atoms with van der Waals surface area (Å²) in [6.07, 6.45) is -6.39. The van der Waals surface area contributed by atoms with Crippen LogP contribution in [0.4, 0.5) is 23.8 Å². The zero-order valence-electron chi connectivity index (χ0n) is 14.2. The van der Waals surface area contributed by atoms with Crippen LogP contribution < -0.4 is 5.73 Å². The molecule has 2 aromatic rings. The molecule has 0 radical (unpaired) electrons. The van der Waals surface area contributed by atoms with Crippen molar-refractivity contribution in [3.63, 3.8) is 0 Å². The summed E-state index contributed by atoms with van der Waals surface area (Å²) < 4.78 is 56.8. The van der Waals surface area contributed by atoms with Gasteiger partial charge in [-0.1, -0.05) is 0 Å². The van der Waals surface area contributed by atoms with Crippen LogP contribution in [0.3, 0.4) is 0 Å². The first-order valence-corrected chi connectivity index (χ1v) is 9.15. The van der Waals surface area contributed by atoms with E-state index in [2.05, 4.69) is 14.7 Å². The lowest BCUT2D eigenvalue weighted by molar-refractivity contribution is -0.0631. The minimum Gasteiger partial charge on any atom is -0.425 e. The molecule has 0 bridgehead atoms. The zero-order valence-corrected chi connectivity index (χ0v) is 16.3. The lowest BCUT2D eigenvalue weighted by Crippen LogP contribution is -2.37. The Morgan fingerprint density at radius 2 is 2.14 bits per heavy atom. The standard InChI is InChI=1S/C15H16F3IN4O5/c16-1-6(2-17)26-15(25)28-11-8(4-24)27-14(10(11)18)23-3-7(19)9-12(20)21-5-22-13(9)23/h3,5-6,8,10-11,14,24H,1-2,4H2,(H2,20,21,22)/t8-,10?,11+,14-/m1/s1. The normalized spacial score (nSPS) is 24.8. The van der Waals surface area contributed by atoms with E-state index in [0.717, 1.165) is 0 Å². The molecular formula is C15H16F3IN4O5. The summed E-state index contributed by atoms with van der Waals surface area (Å²) in [5.41, 5.74) is 6.12. The number of ether oxygens (including phenoxy) is 3. The number of aliphatic hydroxyl groups is 1. The van der Waals surface area contributed by atoms with Gasteiger partial charge in [-0.05, 0) is 22.6 Å². The molecule has 0 aromatic carbocycles. The van der Waals surface area contributed by atoms with E-state index >= 15 is 4.39 Å². The second kappa shape index (κ2) is 8.65. The van der Waals surface area contributed by atoms with Gasteiger partial charge >= 0.3 is 6.16 Å². The van der Waals surface area contributed by atoms with Gasteiger partial charge in [0.1, 0.15) is 37.2 Å². The minimum absolute atomic E-state index is 0.195. The van der Waals surface area contributed by atoms with Crippen LogP contribution in [0.25, 0.3) is 11.0 Å². The van der Waals surface area contributed by atoms with Crippen LogP contribution in [0.15, 0.2) is 12.5 Å². The Balaban J connectivity index is 1.84. The van der Waals surface area contributed by atoms with E-state index in [1.165, 1.54) is 17.1 Å². The number of nitrogen functional groups attached to an aromatic ring is 1. The van der Waals surface area contributed by atoms with Gasteiger partial charge in [0.05, 0.1) is 12.0 Å². The highest BCUT2D eigenvalue weighted by molar-refractivity contribution is 14.1. The summed E-state index contributed by atoms with van der Waals surface area (Å²) >= 11 is 1.97. The number of carbonyl (C=O) groups excluding carboxylic acids is 1. The predicted octanol–water partition coefficient (Wildman–Crippen LogP) is 1.68. The minimum atomic E-state index is -1.93. The van der Waals surface area contributed by atoms with Crippen molar-refractivity contribution in [2.45, 2.75) is 30.7 Å². The summed E-state index contributed by atoms with van der Waals surface area (Å²) in [7, 11) is 0. The topological polar surface area (TPSA) is 122 Å². The second-order valence-electron chi connectivity index (χ2n) is 5.91. The zero-order chi connectivity index (χ0) is 20.4. The molecule has 1 aliphatic heterocycles. The van der Waals surface area contributed by atoms with E-state index in [1.807, 2.05) is 22.6 Å². The molecule has 9 nitrogen and oxygen atoms in total. The van der Waals surface area contributed by atoms with Crippen molar-refractivity contribution in [1.29, 1.82) is 0 Å². The Morgan fingerprint density at radius 3 is 2.79 bits per heavy atom. The van der Waals surface area contributed by atoms with Gasteiger partial charge in [0.15, 0.2) is 24.6 Å². The van der Waals surface area contributed by atoms with Crippen LogP contribution >= 0.6 is 22.6 Å². The van der Waals surface area contributed by atoms with Crippen LogP contribution in [0.5, 0.6) is 0 Å². The summed E-state index contributed by atoms with van der Waals surface area (Å²) in [5.74, 6) is 0.195. The third kappa shape index (κ3) is 3.82. The van der Waals surface area contributed by atoms with E-state index < -0.39 is 56.8 Å². The van der Waals surface area contributed by atoms with Gasteiger partial charge < -0.3 is 29.6 Å². The first-order chi connectivity index (χ1) is 13.4. The molecule has 0 amide bonds. The summed E-state index contributed by atoms with van der Waals surface area (Å²) in [4.78, 5) is 19.7. The van der Waals surface area contributed by atoms with Crippen molar-refractivity contribution in [2.24, 2.45) is 0 Å². The number of hydrogen-bond acceptors (Lipinski definition) is 8. The van der Waals surface area contributed by atoms with Gasteiger partial charge in [-0.15, -0.1) is 0 Å². The summed E-state index contributed by atoms with van der Waals surface area (Å²) in [6, 6.07) is 0. The average molecular weight is 516 g/mol. The highest BCUT2D eigenvalue weighted by atomic mass is 127. The Morgan fingerprint density at radius 1 is 1.43 bits per heavy atom. The van der Waals surface area contributed by atoms with Crippen molar-refractivity contribution < 1.29 is 37.3 Å². The molecule has 0 spiro atoms. The maximum absolute atomic E-state index is 15.1. The summed E-state index contributed by atoms with van der Waals surface area (Å²) in [5, 5.41) is 9.97. The number of carbonyl (C=O) groups is 1. The predicted molar refractivity (Wildman–Crippen MR) is 97.6 cm³/mol. The van der Waals surface area contributed by atoms with Crippen LogP contribution in [-0.4, -0.2) is 70.2 Å². The van der Waals surface area contributed by atoms with E-state index in [-0.39, 0.29) is 5.82 Å². The number of fused-ring (bicyclic) bond motifs is 1. The lowest BCUT2D eigenvalue weighted by Gasteiger charge is -2.19. The molecule has 2 aromatic heterocycles. The van der Waals surface area contributed by atoms with Crippen molar-refractivity contribution in [3.8, 4) is 0 Å². The van der Waals surface area contributed by atoms with Crippen molar-refractivity contribution in [1.82, 2.24) is 14.5 Å². The van der Waals surface area contributed by atoms with Crippen molar-refractivity contribution in [3.05, 3.63) is 16.1 Å². The number of aliphatic hydroxyl groups excluding tert-OH is 1. The highest BCUT2D eigenvalue weighted by Gasteiger charge is 2.49. The van der Waals surface area contributed by atoms with Gasteiger partial charge in [0.25, 0.3) is 0 Å². The third-order valence-corrected chi connectivity index (χ3v) is 4.97. The molecule has 3 heterocycles. The molecule has 154 valence electrons. The number of aromatic nitrogens is 3. The fraction of sp³-hybridized carbons (Fsp3) is 0.533. The van der Waals surface area contributed by atoms with Crippen LogP contribution in [-0.2, 0) is 14.2 Å². The maximum Gasteiger partial charge on any atom is 0.509 e. The molecule has 3 N–H and O–H groups in total. The van der Waals surface area contributed by atoms with E-state index in [0.29, 0.717) is 14.6 Å². The number of anilines is 1. The van der Waals surface area contributed by atoms with Crippen LogP contribution in [0.1, 0.15) is 6.23 Å². The SMILES string of the molecule is Nc1ncnc2c1c(I)cn2[C@@H]1O[C@H](CO)[C@H](OC(=O)OC(CF)CF)C1F. The molecular weight excluding hydrogens is 500 g/mol. The fourth-order valence-corrected chi connectivity index (χ4v) is 3.66. The number of hydrogen-bond donors (Lipinski definition) is 2. The Kier molecular flexibility index (Phi) is 6.44. The number of alkyl halides is 3. The Labute approximate surface area is 170 Å². The van der Waals surface area contributed by atoms with Gasteiger partial charge in [-0.3, -0.25) is 0 Å². The molecule has 1 saturated heterocycles. The largest absolute Gasteiger partial charge is 0.509 e. The third-order valence-electron chi connectivity index (χ3n) is 4.15. The van der Waals surface area contributed by atoms with Gasteiger partial charge in [0.2, 0.25) is 0 Å². The summed E-state index contributed by atoms with van der Waals surface area (Å²) in [6.45, 7) is -3.18. The molecule has 4 atom stereocenters. The number of halogens is 4. The molecule has 1 aliphatic rings. The molecule has 1 fully saturated rings. The van der Waals surface area contributed by atoms with E-state index in [9.17, 15) is 18.7 Å². The molecule has 13 heteroatoms. The van der Waals surface area contributed by atoms with Crippen LogP contribution in [0, 0.1) is 3.57 Å². The average Bonchev–Trinajstić information content (AvgIpc) is 3.18. The van der Waals surface area contributed by atoms with Crippen molar-refractivity contribution in [2.75, 3.05) is 25.7 Å². The number of rotatable bonds is 6. The highest BCUT2D eigenvalue weighted by Crippen LogP contribution is 2.37. The molecule has 0 aliphatic carbocycles. The molecule has 28 heavy (non-hydrogen) atoms. The Bertz CT molecular complexity index is 852. The van der Waals surface area contributed by atoms with Gasteiger partial charge in [0, 0.05) is 9.77 Å². The second-order valence-corrected chi connectivity index (χ2v) is 7.08. The van der Waals surface area contributed by atoms with E-state index in [4.69, 9.17) is 15.2 Å². The fourth-order valence-electron chi connectivity index (χ4n) is 2.84. The molecule has 1 unspecified atom stereocenters. The van der Waals surface area contributed by atoms with Crippen LogP contribution in [0.2, 0.25) is 0 Å². The maximum atomic E-state index is 15.1. The van der Waals surface area contributed by atoms with Gasteiger partial charge in [-0.25, -0.2) is 27.9 Å². The lowest BCUT2D eigenvalue weighted by atomic mass is 10.1. The monoisotopic (exact) mass is 516 g/mol. The van der Waals surface area contributed by atoms with E-state index in [1.54, 1.807) is 0 Å². The quantitative estimate of drug-likeness (QED) is 0.440. The van der Waals surface area contributed by atoms with Crippen molar-refractivity contribution >= 4 is 45.6 Å². The number of nitrogens with two attached hydrogens (primary N) is 1. The smallest absolute Gasteiger partial charge is 0.425 e. The number of nitrogens with zero attached hydrogens (tertiary/aromatic N) is 3. The molecule has 3 rings (SSSR count). The first-order valence-electron chi connectivity index (χ1n) is 8.07.